The number of nitrogens with zero attached hydrogens (tertiary/aromatic N) is 3. The Kier molecular flexibility index (Phi) is 6.42. The van der Waals surface area contributed by atoms with Crippen LogP contribution in [0, 0.1) is 0 Å². The van der Waals surface area contributed by atoms with Crippen LogP contribution in [0.25, 0.3) is 5.57 Å². The van der Waals surface area contributed by atoms with Gasteiger partial charge in [-0.25, -0.2) is 0 Å². The van der Waals surface area contributed by atoms with Gasteiger partial charge in [0, 0.05) is 44.6 Å². The monoisotopic (exact) mass is 379 g/mol. The number of rotatable bonds is 8. The van der Waals surface area contributed by atoms with Gasteiger partial charge in [-0.2, -0.15) is 0 Å². The second-order valence-electron chi connectivity index (χ2n) is 6.42. The zero-order valence-corrected chi connectivity index (χ0v) is 15.8. The van der Waals surface area contributed by atoms with E-state index in [9.17, 15) is 14.7 Å². The van der Waals surface area contributed by atoms with Crippen LogP contribution < -0.4 is 0 Å². The highest BCUT2D eigenvalue weighted by molar-refractivity contribution is 7.11. The lowest BCUT2D eigenvalue weighted by Crippen LogP contribution is -2.40. The average molecular weight is 379 g/mol. The van der Waals surface area contributed by atoms with E-state index in [0.717, 1.165) is 44.1 Å². The maximum absolute atomic E-state index is 12.9. The van der Waals surface area contributed by atoms with Gasteiger partial charge in [0.1, 0.15) is 5.70 Å². The first kappa shape index (κ1) is 19.0. The molecule has 1 aromatic heterocycles. The number of aliphatic hydroxyl groups is 1. The highest BCUT2D eigenvalue weighted by atomic mass is 32.1. The number of hydrogen-bond acceptors (Lipinski definition) is 7. The summed E-state index contributed by atoms with van der Waals surface area (Å²) in [4.78, 5) is 32.0. The molecule has 3 heterocycles. The van der Waals surface area contributed by atoms with Crippen molar-refractivity contribution >= 4 is 28.7 Å². The third-order valence-electron chi connectivity index (χ3n) is 4.69. The summed E-state index contributed by atoms with van der Waals surface area (Å²) >= 11 is 1.44. The predicted octanol–water partition coefficient (Wildman–Crippen LogP) is 0.474. The molecule has 0 aromatic carbocycles. The lowest BCUT2D eigenvalue weighted by Gasteiger charge is -2.27. The van der Waals surface area contributed by atoms with Crippen LogP contribution in [-0.2, 0) is 14.3 Å². The van der Waals surface area contributed by atoms with Crippen molar-refractivity contribution in [2.75, 3.05) is 59.6 Å². The first-order valence-corrected chi connectivity index (χ1v) is 9.78. The van der Waals surface area contributed by atoms with E-state index in [1.165, 1.54) is 16.2 Å². The van der Waals surface area contributed by atoms with Gasteiger partial charge in [0.15, 0.2) is 0 Å². The Morgan fingerprint density at radius 2 is 2.00 bits per heavy atom. The van der Waals surface area contributed by atoms with Gasteiger partial charge in [-0.15, -0.1) is 11.3 Å². The predicted molar refractivity (Wildman–Crippen MR) is 99.6 cm³/mol. The molecule has 26 heavy (non-hydrogen) atoms. The van der Waals surface area contributed by atoms with Crippen molar-refractivity contribution in [1.82, 2.24) is 14.7 Å². The summed E-state index contributed by atoms with van der Waals surface area (Å²) in [5.74, 6) is -0.504. The number of morpholine rings is 1. The van der Waals surface area contributed by atoms with Crippen LogP contribution in [0.5, 0.6) is 0 Å². The van der Waals surface area contributed by atoms with Gasteiger partial charge in [0.25, 0.3) is 11.8 Å². The van der Waals surface area contributed by atoms with Gasteiger partial charge >= 0.3 is 0 Å². The molecule has 1 aromatic rings. The third kappa shape index (κ3) is 3.98. The van der Waals surface area contributed by atoms with Crippen LogP contribution in [0.3, 0.4) is 0 Å². The fraction of sp³-hybridized carbons (Fsp3) is 0.556. The SMILES string of the molecule is CN(CCO)C1=C(c2cccs2)C(=O)N(CCCN2CCOCC2)C1=O. The van der Waals surface area contributed by atoms with Gasteiger partial charge < -0.3 is 14.7 Å². The molecular formula is C18H25N3O4S. The van der Waals surface area contributed by atoms with Crippen LogP contribution in [0.1, 0.15) is 11.3 Å². The van der Waals surface area contributed by atoms with Gasteiger partial charge in [-0.05, 0) is 17.9 Å². The summed E-state index contributed by atoms with van der Waals surface area (Å²) in [6.45, 7) is 4.75. The smallest absolute Gasteiger partial charge is 0.277 e. The van der Waals surface area contributed by atoms with Crippen molar-refractivity contribution in [1.29, 1.82) is 0 Å². The molecule has 8 heteroatoms. The van der Waals surface area contributed by atoms with Gasteiger partial charge in [-0.1, -0.05) is 6.07 Å². The van der Waals surface area contributed by atoms with Crippen LogP contribution in [-0.4, -0.2) is 91.2 Å². The molecule has 3 rings (SSSR count). The molecule has 2 aliphatic rings. The van der Waals surface area contributed by atoms with Crippen LogP contribution in [0.2, 0.25) is 0 Å². The van der Waals surface area contributed by atoms with Crippen molar-refractivity contribution in [3.63, 3.8) is 0 Å². The maximum atomic E-state index is 12.9. The van der Waals surface area contributed by atoms with Crippen molar-refractivity contribution in [2.24, 2.45) is 0 Å². The summed E-state index contributed by atoms with van der Waals surface area (Å²) in [6.07, 6.45) is 0.742. The van der Waals surface area contributed by atoms with Gasteiger partial charge in [0.05, 0.1) is 25.4 Å². The number of hydrogen-bond donors (Lipinski definition) is 1. The molecule has 0 unspecified atom stereocenters. The summed E-state index contributed by atoms with van der Waals surface area (Å²) in [5.41, 5.74) is 0.838. The lowest BCUT2D eigenvalue weighted by atomic mass is 10.2. The molecule has 0 aliphatic carbocycles. The van der Waals surface area contributed by atoms with Gasteiger partial charge in [-0.3, -0.25) is 19.4 Å². The molecule has 2 amide bonds. The molecule has 1 fully saturated rings. The maximum Gasteiger partial charge on any atom is 0.277 e. The number of imide groups is 1. The van der Waals surface area contributed by atoms with E-state index >= 15 is 0 Å². The molecule has 0 saturated carbocycles. The number of ether oxygens (including phenoxy) is 1. The summed E-state index contributed by atoms with van der Waals surface area (Å²) in [7, 11) is 1.74. The molecule has 2 aliphatic heterocycles. The number of thiophene rings is 1. The van der Waals surface area contributed by atoms with E-state index in [-0.39, 0.29) is 18.4 Å². The van der Waals surface area contributed by atoms with Crippen LogP contribution >= 0.6 is 11.3 Å². The third-order valence-corrected chi connectivity index (χ3v) is 5.58. The van der Waals surface area contributed by atoms with Crippen molar-refractivity contribution in [3.8, 4) is 0 Å². The quantitative estimate of drug-likeness (QED) is 0.662. The largest absolute Gasteiger partial charge is 0.395 e. The fourth-order valence-corrected chi connectivity index (χ4v) is 4.07. The zero-order valence-electron chi connectivity index (χ0n) is 15.0. The molecule has 0 bridgehead atoms. The van der Waals surface area contributed by atoms with Gasteiger partial charge in [0.2, 0.25) is 0 Å². The molecule has 0 spiro atoms. The number of carbonyl (C=O) groups excluding carboxylic acids is 2. The second-order valence-corrected chi connectivity index (χ2v) is 7.36. The summed E-state index contributed by atoms with van der Waals surface area (Å²) in [5, 5.41) is 11.1. The molecule has 0 atom stereocenters. The van der Waals surface area contributed by atoms with Crippen LogP contribution in [0.4, 0.5) is 0 Å². The minimum absolute atomic E-state index is 0.0732. The Bertz CT molecular complexity index is 668. The van der Waals surface area contributed by atoms with E-state index in [1.54, 1.807) is 11.9 Å². The first-order chi connectivity index (χ1) is 12.6. The first-order valence-electron chi connectivity index (χ1n) is 8.90. The Balaban J connectivity index is 1.71. The highest BCUT2D eigenvalue weighted by Crippen LogP contribution is 2.33. The van der Waals surface area contributed by atoms with Crippen molar-refractivity contribution in [2.45, 2.75) is 6.42 Å². The molecule has 7 nitrogen and oxygen atoms in total. The molecule has 142 valence electrons. The van der Waals surface area contributed by atoms with Crippen molar-refractivity contribution in [3.05, 3.63) is 28.1 Å². The minimum atomic E-state index is -0.267. The minimum Gasteiger partial charge on any atom is -0.395 e. The lowest BCUT2D eigenvalue weighted by molar-refractivity contribution is -0.137. The number of amides is 2. The second kappa shape index (κ2) is 8.77. The summed E-state index contributed by atoms with van der Waals surface area (Å²) in [6, 6.07) is 3.73. The normalized spacial score (nSPS) is 18.9. The Morgan fingerprint density at radius 1 is 1.23 bits per heavy atom. The zero-order chi connectivity index (χ0) is 18.5. The standard InChI is InChI=1S/C18H25N3O4S/c1-19(7-10-22)16-15(14-4-2-13-26-14)17(23)21(18(16)24)6-3-5-20-8-11-25-12-9-20/h2,4,13,22H,3,5-12H2,1H3. The van der Waals surface area contributed by atoms with E-state index in [4.69, 9.17) is 4.74 Å². The number of carbonyl (C=O) groups is 2. The van der Waals surface area contributed by atoms with Crippen LogP contribution in [0.15, 0.2) is 23.2 Å². The van der Waals surface area contributed by atoms with E-state index in [0.29, 0.717) is 24.4 Å². The number of aliphatic hydroxyl groups excluding tert-OH is 1. The van der Waals surface area contributed by atoms with E-state index < -0.39 is 0 Å². The molecule has 1 saturated heterocycles. The topological polar surface area (TPSA) is 73.3 Å². The van der Waals surface area contributed by atoms with E-state index in [1.807, 2.05) is 17.5 Å². The Morgan fingerprint density at radius 3 is 2.65 bits per heavy atom. The average Bonchev–Trinajstić information content (AvgIpc) is 3.24. The fourth-order valence-electron chi connectivity index (χ4n) is 3.30. The Hall–Kier alpha value is -1.74. The van der Waals surface area contributed by atoms with Crippen molar-refractivity contribution < 1.29 is 19.4 Å². The van der Waals surface area contributed by atoms with E-state index in [2.05, 4.69) is 4.90 Å². The number of likely N-dealkylation sites (N-methyl/N-ethyl adjacent to an activating group) is 1. The summed E-state index contributed by atoms with van der Waals surface area (Å²) < 4.78 is 5.34. The molecule has 1 N–H and O–H groups in total. The highest BCUT2D eigenvalue weighted by Gasteiger charge is 2.40. The Labute approximate surface area is 157 Å². The molecule has 0 radical (unpaired) electrons. The molecular weight excluding hydrogens is 354 g/mol.